The third-order valence-electron chi connectivity index (χ3n) is 4.26. The molecule has 4 aromatic heterocycles. The van der Waals surface area contributed by atoms with Crippen molar-refractivity contribution in [3.05, 3.63) is 68.0 Å². The van der Waals surface area contributed by atoms with Crippen LogP contribution in [-0.2, 0) is 19.3 Å². The highest BCUT2D eigenvalue weighted by molar-refractivity contribution is 7.12. The fourth-order valence-corrected chi connectivity index (χ4v) is 4.35. The Balaban J connectivity index is 1.48. The number of aromatic nitrogens is 4. The van der Waals surface area contributed by atoms with Crippen molar-refractivity contribution in [3.8, 4) is 5.88 Å². The predicted octanol–water partition coefficient (Wildman–Crippen LogP) is 5.11. The Bertz CT molecular complexity index is 1080. The first kappa shape index (κ1) is 18.2. The van der Waals surface area contributed by atoms with Crippen LogP contribution < -0.4 is 4.74 Å². The Kier molecular flexibility index (Phi) is 5.29. The van der Waals surface area contributed by atoms with Crippen LogP contribution in [0.5, 0.6) is 5.88 Å². The van der Waals surface area contributed by atoms with Crippen molar-refractivity contribution >= 4 is 45.6 Å². The minimum atomic E-state index is 0.562. The monoisotopic (exact) mass is 418 g/mol. The molecule has 0 unspecified atom stereocenters. The average Bonchev–Trinajstić information content (AvgIpc) is 3.24. The van der Waals surface area contributed by atoms with Gasteiger partial charge in [0.2, 0.25) is 5.88 Å². The molecule has 0 aromatic carbocycles. The van der Waals surface area contributed by atoms with Gasteiger partial charge in [-0.05, 0) is 23.6 Å². The van der Waals surface area contributed by atoms with E-state index in [1.165, 1.54) is 0 Å². The second kappa shape index (κ2) is 7.84. The molecular weight excluding hydrogens is 403 g/mol. The Morgan fingerprint density at radius 1 is 1.15 bits per heavy atom. The molecule has 0 aliphatic carbocycles. The van der Waals surface area contributed by atoms with Crippen molar-refractivity contribution in [1.29, 1.82) is 0 Å². The minimum absolute atomic E-state index is 0.562. The van der Waals surface area contributed by atoms with Gasteiger partial charge in [0.15, 0.2) is 0 Å². The van der Waals surface area contributed by atoms with Crippen LogP contribution in [0.1, 0.15) is 21.0 Å². The molecule has 0 fully saturated rings. The summed E-state index contributed by atoms with van der Waals surface area (Å²) >= 11 is 14.1. The molecular formula is C19H16Cl2N4OS. The summed E-state index contributed by atoms with van der Waals surface area (Å²) < 4.78 is 5.08. The summed E-state index contributed by atoms with van der Waals surface area (Å²) in [7, 11) is 1.61. The summed E-state index contributed by atoms with van der Waals surface area (Å²) in [6.07, 6.45) is 7.79. The van der Waals surface area contributed by atoms with E-state index in [0.717, 1.165) is 44.9 Å². The van der Waals surface area contributed by atoms with Crippen LogP contribution in [0.2, 0.25) is 10.2 Å². The standard InChI is InChI=1S/C19H16Cl2N4OS/c1-26-16-4-2-11(8-22-16)3-5-17-25-18(21)15(27-17)6-12-9-23-19-14(12)7-13(20)10-24-19/h2,4,7-10H,3,5-6H2,1H3,(H,23,24). The van der Waals surface area contributed by atoms with Crippen molar-refractivity contribution in [2.75, 3.05) is 7.11 Å². The van der Waals surface area contributed by atoms with Gasteiger partial charge in [-0.3, -0.25) is 0 Å². The first-order valence-corrected chi connectivity index (χ1v) is 9.94. The number of thiazole rings is 1. The van der Waals surface area contributed by atoms with Gasteiger partial charge in [0, 0.05) is 47.8 Å². The number of aromatic amines is 1. The molecule has 0 atom stereocenters. The Hall–Kier alpha value is -2.15. The lowest BCUT2D eigenvalue weighted by Crippen LogP contribution is -1.93. The van der Waals surface area contributed by atoms with Gasteiger partial charge >= 0.3 is 0 Å². The van der Waals surface area contributed by atoms with Crippen molar-refractivity contribution in [1.82, 2.24) is 19.9 Å². The van der Waals surface area contributed by atoms with Crippen molar-refractivity contribution in [3.63, 3.8) is 0 Å². The molecule has 0 radical (unpaired) electrons. The second-order valence-electron chi connectivity index (χ2n) is 6.07. The van der Waals surface area contributed by atoms with Crippen molar-refractivity contribution in [2.24, 2.45) is 0 Å². The summed E-state index contributed by atoms with van der Waals surface area (Å²) in [4.78, 5) is 17.3. The van der Waals surface area contributed by atoms with Crippen molar-refractivity contribution in [2.45, 2.75) is 19.3 Å². The number of ether oxygens (including phenoxy) is 1. The number of H-pyrrole nitrogens is 1. The van der Waals surface area contributed by atoms with E-state index in [2.05, 4.69) is 19.9 Å². The molecule has 4 rings (SSSR count). The molecule has 5 nitrogen and oxygen atoms in total. The summed E-state index contributed by atoms with van der Waals surface area (Å²) in [5.41, 5.74) is 3.07. The number of methoxy groups -OCH3 is 1. The third-order valence-corrected chi connectivity index (χ3v) is 6.01. The zero-order valence-corrected chi connectivity index (χ0v) is 16.8. The van der Waals surface area contributed by atoms with Gasteiger partial charge in [0.1, 0.15) is 10.8 Å². The fourth-order valence-electron chi connectivity index (χ4n) is 2.88. The maximum Gasteiger partial charge on any atom is 0.212 e. The highest BCUT2D eigenvalue weighted by atomic mass is 35.5. The SMILES string of the molecule is COc1ccc(CCc2nc(Cl)c(Cc3c[nH]c4ncc(Cl)cc34)s2)cn1. The van der Waals surface area contributed by atoms with E-state index in [1.54, 1.807) is 24.6 Å². The number of halogens is 2. The highest BCUT2D eigenvalue weighted by Gasteiger charge is 2.13. The van der Waals surface area contributed by atoms with Crippen LogP contribution in [0.3, 0.4) is 0 Å². The fraction of sp³-hybridized carbons (Fsp3) is 0.211. The van der Waals surface area contributed by atoms with Crippen molar-refractivity contribution < 1.29 is 4.74 Å². The number of nitrogens with zero attached hydrogens (tertiary/aromatic N) is 3. The number of nitrogens with one attached hydrogen (secondary N) is 1. The summed E-state index contributed by atoms with van der Waals surface area (Å²) in [6, 6.07) is 5.80. The maximum atomic E-state index is 6.38. The molecule has 4 heterocycles. The van der Waals surface area contributed by atoms with Crippen LogP contribution in [0.4, 0.5) is 0 Å². The quantitative estimate of drug-likeness (QED) is 0.472. The zero-order valence-electron chi connectivity index (χ0n) is 14.5. The van der Waals surface area contributed by atoms with Gasteiger partial charge in [0.05, 0.1) is 17.1 Å². The molecule has 0 aliphatic heterocycles. The number of aryl methyl sites for hydroxylation is 2. The number of hydrogen-bond donors (Lipinski definition) is 1. The van der Waals surface area contributed by atoms with E-state index in [9.17, 15) is 0 Å². The maximum absolute atomic E-state index is 6.38. The lowest BCUT2D eigenvalue weighted by Gasteiger charge is -2.01. The van der Waals surface area contributed by atoms with Crippen LogP contribution in [-0.4, -0.2) is 27.0 Å². The Labute approximate surface area is 170 Å². The first-order valence-electron chi connectivity index (χ1n) is 8.37. The van der Waals surface area contributed by atoms with Crippen LogP contribution in [0.25, 0.3) is 11.0 Å². The average molecular weight is 419 g/mol. The van der Waals surface area contributed by atoms with E-state index in [0.29, 0.717) is 22.5 Å². The van der Waals surface area contributed by atoms with Gasteiger partial charge in [-0.2, -0.15) is 0 Å². The molecule has 0 bridgehead atoms. The summed E-state index contributed by atoms with van der Waals surface area (Å²) in [6.45, 7) is 0. The normalized spacial score (nSPS) is 11.2. The molecule has 0 amide bonds. The number of fused-ring (bicyclic) bond motifs is 1. The molecule has 8 heteroatoms. The van der Waals surface area contributed by atoms with E-state index >= 15 is 0 Å². The third kappa shape index (κ3) is 4.08. The minimum Gasteiger partial charge on any atom is -0.481 e. The lowest BCUT2D eigenvalue weighted by molar-refractivity contribution is 0.397. The van der Waals surface area contributed by atoms with Gasteiger partial charge in [0.25, 0.3) is 0 Å². The largest absolute Gasteiger partial charge is 0.481 e. The lowest BCUT2D eigenvalue weighted by atomic mass is 10.1. The molecule has 0 saturated carbocycles. The Morgan fingerprint density at radius 2 is 2.04 bits per heavy atom. The van der Waals surface area contributed by atoms with E-state index in [-0.39, 0.29) is 0 Å². The van der Waals surface area contributed by atoms with E-state index < -0.39 is 0 Å². The first-order chi connectivity index (χ1) is 13.1. The van der Waals surface area contributed by atoms with Crippen LogP contribution in [0, 0.1) is 0 Å². The number of hydrogen-bond acceptors (Lipinski definition) is 5. The van der Waals surface area contributed by atoms with Gasteiger partial charge in [-0.15, -0.1) is 11.3 Å². The second-order valence-corrected chi connectivity index (χ2v) is 8.03. The summed E-state index contributed by atoms with van der Waals surface area (Å²) in [5.74, 6) is 0.617. The molecule has 27 heavy (non-hydrogen) atoms. The number of pyridine rings is 2. The smallest absolute Gasteiger partial charge is 0.212 e. The van der Waals surface area contributed by atoms with Gasteiger partial charge < -0.3 is 9.72 Å². The summed E-state index contributed by atoms with van der Waals surface area (Å²) in [5, 5.41) is 3.21. The van der Waals surface area contributed by atoms with Crippen LogP contribution in [0.15, 0.2) is 36.8 Å². The molecule has 138 valence electrons. The Morgan fingerprint density at radius 3 is 2.81 bits per heavy atom. The van der Waals surface area contributed by atoms with Gasteiger partial charge in [-0.25, -0.2) is 15.0 Å². The zero-order chi connectivity index (χ0) is 18.8. The topological polar surface area (TPSA) is 63.7 Å². The molecule has 0 spiro atoms. The molecule has 0 saturated heterocycles. The highest BCUT2D eigenvalue weighted by Crippen LogP contribution is 2.30. The van der Waals surface area contributed by atoms with Crippen LogP contribution >= 0.6 is 34.5 Å². The molecule has 4 aromatic rings. The van der Waals surface area contributed by atoms with Gasteiger partial charge in [-0.1, -0.05) is 29.3 Å². The van der Waals surface area contributed by atoms with E-state index in [4.69, 9.17) is 27.9 Å². The number of rotatable bonds is 6. The predicted molar refractivity (Wildman–Crippen MR) is 109 cm³/mol. The molecule has 1 N–H and O–H groups in total. The van der Waals surface area contributed by atoms with E-state index in [1.807, 2.05) is 30.6 Å². The molecule has 0 aliphatic rings.